The second kappa shape index (κ2) is 9.30. The maximum absolute atomic E-state index is 10.3. The predicted octanol–water partition coefficient (Wildman–Crippen LogP) is -4.56. The topological polar surface area (TPSA) is 180 Å². The Bertz CT molecular complexity index is 372. The van der Waals surface area contributed by atoms with Gasteiger partial charge in [0.15, 0.2) is 0 Å². The Kier molecular flexibility index (Phi) is 9.62. The number of carboxylic acids is 2. The van der Waals surface area contributed by atoms with Crippen molar-refractivity contribution in [2.75, 3.05) is 0 Å². The normalized spacial score (nSPS) is 23.2. The monoisotopic (exact) mass is 300 g/mol. The van der Waals surface area contributed by atoms with E-state index in [0.29, 0.717) is 12.8 Å². The molecule has 0 aromatic rings. The molecule has 2 aliphatic heterocycles. The van der Waals surface area contributed by atoms with Crippen LogP contribution in [0.3, 0.4) is 0 Å². The molecular formula is C10H13AlN2O7. The van der Waals surface area contributed by atoms with Crippen LogP contribution in [0.5, 0.6) is 0 Å². The van der Waals surface area contributed by atoms with Gasteiger partial charge in [0.2, 0.25) is 0 Å². The van der Waals surface area contributed by atoms with Gasteiger partial charge in [-0.2, -0.15) is 0 Å². The largest absolute Gasteiger partial charge is 3.00 e. The standard InChI is InChI=1S/2C5H7NO3.Al.H2O/c2*7-4-2-1-3(6-4)5(8)9;;/h2*3H,1-2H2,(H,6,7)(H,8,9);;1H2/q;;+3;/p-3. The van der Waals surface area contributed by atoms with E-state index in [4.69, 9.17) is 5.11 Å². The molecule has 0 aromatic carbocycles. The summed E-state index contributed by atoms with van der Waals surface area (Å²) in [7, 11) is 0. The molecule has 0 amide bonds. The molecule has 0 fully saturated rings. The molecule has 0 spiro atoms. The van der Waals surface area contributed by atoms with Crippen molar-refractivity contribution in [3.05, 3.63) is 0 Å². The average molecular weight is 300 g/mol. The molecule has 108 valence electrons. The molecule has 2 atom stereocenters. The number of aliphatic carboxylic acids is 2. The van der Waals surface area contributed by atoms with Crippen LogP contribution in [-0.4, -0.2) is 63.8 Å². The van der Waals surface area contributed by atoms with Crippen LogP contribution >= 0.6 is 0 Å². The summed E-state index contributed by atoms with van der Waals surface area (Å²) in [6, 6.07) is -1.64. The van der Waals surface area contributed by atoms with Crippen molar-refractivity contribution < 1.29 is 35.5 Å². The van der Waals surface area contributed by atoms with Gasteiger partial charge in [0.25, 0.3) is 0 Å². The first-order valence-corrected chi connectivity index (χ1v) is 5.31. The first kappa shape index (κ1) is 20.7. The van der Waals surface area contributed by atoms with Crippen molar-refractivity contribution >= 4 is 41.1 Å². The van der Waals surface area contributed by atoms with E-state index in [1.807, 2.05) is 0 Å². The molecule has 0 saturated heterocycles. The number of hydrogen-bond acceptors (Lipinski definition) is 7. The minimum Gasteiger partial charge on any atom is -0.862 e. The fourth-order valence-electron chi connectivity index (χ4n) is 1.48. The maximum Gasteiger partial charge on any atom is 3.00 e. The Hall–Kier alpha value is -1.63. The zero-order valence-electron chi connectivity index (χ0n) is 10.4. The van der Waals surface area contributed by atoms with E-state index in [1.165, 1.54) is 0 Å². The van der Waals surface area contributed by atoms with E-state index in [2.05, 4.69) is 9.98 Å². The van der Waals surface area contributed by atoms with Crippen molar-refractivity contribution in [2.45, 2.75) is 37.8 Å². The number of carbonyl (C=O) groups excluding carboxylic acids is 1. The van der Waals surface area contributed by atoms with Crippen LogP contribution in [0.2, 0.25) is 0 Å². The smallest absolute Gasteiger partial charge is 0.862 e. The van der Waals surface area contributed by atoms with Gasteiger partial charge in [-0.15, -0.1) is 0 Å². The molecule has 0 saturated carbocycles. The number of rotatable bonds is 2. The minimum absolute atomic E-state index is 0. The van der Waals surface area contributed by atoms with E-state index in [-0.39, 0.29) is 47.5 Å². The minimum atomic E-state index is -1.25. The summed E-state index contributed by atoms with van der Waals surface area (Å²) < 4.78 is 0. The zero-order valence-corrected chi connectivity index (χ0v) is 11.6. The Morgan fingerprint density at radius 3 is 1.60 bits per heavy atom. The fraction of sp³-hybridized carbons (Fsp3) is 0.600. The van der Waals surface area contributed by atoms with Crippen molar-refractivity contribution in [3.63, 3.8) is 0 Å². The Morgan fingerprint density at radius 2 is 1.45 bits per heavy atom. The van der Waals surface area contributed by atoms with E-state index >= 15 is 0 Å². The first-order chi connectivity index (χ1) is 8.40. The van der Waals surface area contributed by atoms with Crippen LogP contribution in [0.4, 0.5) is 0 Å². The number of carboxylic acid groups (broad SMARTS) is 2. The van der Waals surface area contributed by atoms with Crippen LogP contribution in [0.25, 0.3) is 0 Å². The third-order valence-electron chi connectivity index (χ3n) is 2.42. The predicted molar refractivity (Wildman–Crippen MR) is 62.9 cm³/mol. The second-order valence-electron chi connectivity index (χ2n) is 3.81. The summed E-state index contributed by atoms with van der Waals surface area (Å²) >= 11 is 0. The molecular weight excluding hydrogens is 287 g/mol. The third-order valence-corrected chi connectivity index (χ3v) is 2.42. The van der Waals surface area contributed by atoms with Crippen molar-refractivity contribution in [1.29, 1.82) is 0 Å². The number of hydrogen-bond donors (Lipinski definition) is 1. The number of aliphatic imine (C=N–C) groups is 2. The second-order valence-corrected chi connectivity index (χ2v) is 3.81. The Balaban J connectivity index is 0. The van der Waals surface area contributed by atoms with Gasteiger partial charge in [0, 0.05) is 0 Å². The summed E-state index contributed by atoms with van der Waals surface area (Å²) in [6.45, 7) is 0. The fourth-order valence-corrected chi connectivity index (χ4v) is 1.48. The van der Waals surface area contributed by atoms with Gasteiger partial charge in [-0.05, 0) is 37.5 Å². The molecule has 10 heteroatoms. The van der Waals surface area contributed by atoms with Crippen molar-refractivity contribution in [1.82, 2.24) is 0 Å². The van der Waals surface area contributed by atoms with Gasteiger partial charge in [-0.25, -0.2) is 4.79 Å². The number of carbonyl (C=O) groups is 2. The van der Waals surface area contributed by atoms with Crippen molar-refractivity contribution in [3.8, 4) is 0 Å². The van der Waals surface area contributed by atoms with Gasteiger partial charge in [0.05, 0.1) is 12.0 Å². The molecule has 0 aromatic heterocycles. The molecule has 9 nitrogen and oxygen atoms in total. The average Bonchev–Trinajstić information content (AvgIpc) is 2.88. The van der Waals surface area contributed by atoms with Crippen LogP contribution in [0.1, 0.15) is 25.7 Å². The van der Waals surface area contributed by atoms with Gasteiger partial charge < -0.3 is 30.7 Å². The Morgan fingerprint density at radius 1 is 1.05 bits per heavy atom. The van der Waals surface area contributed by atoms with Crippen LogP contribution in [-0.2, 0) is 9.59 Å². The summed E-state index contributed by atoms with van der Waals surface area (Å²) in [4.78, 5) is 26.7. The molecule has 0 aliphatic carbocycles. The quantitative estimate of drug-likeness (QED) is 0.501. The van der Waals surface area contributed by atoms with Gasteiger partial charge in [0.1, 0.15) is 6.04 Å². The summed E-state index contributed by atoms with van der Waals surface area (Å²) in [5.41, 5.74) is 0. The third kappa shape index (κ3) is 6.51. The molecule has 0 bridgehead atoms. The molecule has 2 aliphatic rings. The molecule has 2 heterocycles. The first-order valence-electron chi connectivity index (χ1n) is 5.31. The van der Waals surface area contributed by atoms with E-state index < -0.39 is 24.0 Å². The van der Waals surface area contributed by atoms with Crippen molar-refractivity contribution in [2.24, 2.45) is 9.98 Å². The van der Waals surface area contributed by atoms with Crippen LogP contribution < -0.4 is 15.3 Å². The molecule has 2 unspecified atom stereocenters. The molecule has 2 rings (SSSR count). The Labute approximate surface area is 125 Å². The SMILES string of the molecule is O.O=C(O)C1CCC([O-])=N1.O=C([O-])C1CCC([O-])=N1.[Al+3]. The van der Waals surface area contributed by atoms with E-state index in [1.54, 1.807) is 0 Å². The van der Waals surface area contributed by atoms with E-state index in [9.17, 15) is 24.9 Å². The van der Waals surface area contributed by atoms with Crippen LogP contribution in [0.15, 0.2) is 9.98 Å². The number of nitrogens with zero attached hydrogens (tertiary/aromatic N) is 2. The summed E-state index contributed by atoms with van der Waals surface area (Å²) in [5.74, 6) is -2.87. The summed E-state index contributed by atoms with van der Waals surface area (Å²) in [6.07, 6.45) is 1.21. The molecule has 0 radical (unpaired) electrons. The molecule has 20 heavy (non-hydrogen) atoms. The van der Waals surface area contributed by atoms with Crippen LogP contribution in [0, 0.1) is 0 Å². The van der Waals surface area contributed by atoms with Gasteiger partial charge >= 0.3 is 23.3 Å². The van der Waals surface area contributed by atoms with E-state index in [0.717, 1.165) is 0 Å². The summed E-state index contributed by atoms with van der Waals surface area (Å²) in [5, 5.41) is 38.9. The maximum atomic E-state index is 10.3. The van der Waals surface area contributed by atoms with Gasteiger partial charge in [-0.3, -0.25) is 9.98 Å². The van der Waals surface area contributed by atoms with Gasteiger partial charge in [-0.1, -0.05) is 0 Å². The zero-order chi connectivity index (χ0) is 13.7. The molecule has 3 N–H and O–H groups in total.